The van der Waals surface area contributed by atoms with Crippen LogP contribution in [0.5, 0.6) is 0 Å². The van der Waals surface area contributed by atoms with Crippen LogP contribution in [-0.4, -0.2) is 40.0 Å². The number of non-ortho nitro benzene ring substituents is 1. The van der Waals surface area contributed by atoms with Crippen LogP contribution in [0.4, 0.5) is 5.69 Å². The number of aliphatic hydroxyl groups is 1. The van der Waals surface area contributed by atoms with Gasteiger partial charge in [-0.3, -0.25) is 14.9 Å². The minimum Gasteiger partial charge on any atom is -0.389 e. The van der Waals surface area contributed by atoms with Crippen molar-refractivity contribution in [3.05, 3.63) is 38.9 Å². The molecule has 0 radical (unpaired) electrons. The van der Waals surface area contributed by atoms with Crippen LogP contribution in [0.2, 0.25) is 5.02 Å². The van der Waals surface area contributed by atoms with E-state index in [1.807, 2.05) is 0 Å². The third kappa shape index (κ3) is 4.18. The molecule has 0 aliphatic rings. The van der Waals surface area contributed by atoms with Gasteiger partial charge in [-0.2, -0.15) is 0 Å². The van der Waals surface area contributed by atoms with Crippen LogP contribution in [0.3, 0.4) is 0 Å². The van der Waals surface area contributed by atoms with Gasteiger partial charge in [0.25, 0.3) is 11.6 Å². The molecule has 1 N–H and O–H groups in total. The number of nitrogens with zero attached hydrogens (tertiary/aromatic N) is 2. The van der Waals surface area contributed by atoms with Crippen LogP contribution in [0.15, 0.2) is 18.2 Å². The van der Waals surface area contributed by atoms with E-state index in [0.29, 0.717) is 0 Å². The fourth-order valence-corrected chi connectivity index (χ4v) is 1.85. The first kappa shape index (κ1) is 15.4. The highest BCUT2D eigenvalue weighted by atomic mass is 35.5. The molecule has 6 nitrogen and oxygen atoms in total. The Labute approximate surface area is 115 Å². The fraction of sp³-hybridized carbons (Fsp3) is 0.417. The van der Waals surface area contributed by atoms with Crippen molar-refractivity contribution in [1.82, 2.24) is 4.90 Å². The Morgan fingerprint density at radius 3 is 2.58 bits per heavy atom. The maximum atomic E-state index is 12.1. The standard InChI is InChI=1S/C12H15ClN2O4/c1-12(2,17)7-14(3)11(16)9-6-8(15(18)19)4-5-10(9)13/h4-6,17H,7H2,1-3H3. The van der Waals surface area contributed by atoms with Gasteiger partial charge in [0.05, 0.1) is 21.1 Å². The smallest absolute Gasteiger partial charge is 0.270 e. The summed E-state index contributed by atoms with van der Waals surface area (Å²) < 4.78 is 0. The van der Waals surface area contributed by atoms with Crippen molar-refractivity contribution in [1.29, 1.82) is 0 Å². The minimum absolute atomic E-state index is 0.0441. The maximum absolute atomic E-state index is 12.1. The van der Waals surface area contributed by atoms with Gasteiger partial charge in [-0.1, -0.05) is 11.6 Å². The molecule has 0 saturated heterocycles. The summed E-state index contributed by atoms with van der Waals surface area (Å²) in [5.74, 6) is -0.476. The first-order valence-corrected chi connectivity index (χ1v) is 5.91. The monoisotopic (exact) mass is 286 g/mol. The summed E-state index contributed by atoms with van der Waals surface area (Å²) in [4.78, 5) is 23.5. The Kier molecular flexibility index (Phi) is 4.49. The second kappa shape index (κ2) is 5.54. The molecule has 0 unspecified atom stereocenters. The van der Waals surface area contributed by atoms with Gasteiger partial charge in [-0.15, -0.1) is 0 Å². The van der Waals surface area contributed by atoms with E-state index in [1.54, 1.807) is 13.8 Å². The van der Waals surface area contributed by atoms with Crippen molar-refractivity contribution in [3.8, 4) is 0 Å². The Bertz CT molecular complexity index is 511. The third-order valence-electron chi connectivity index (χ3n) is 2.36. The van der Waals surface area contributed by atoms with Gasteiger partial charge in [0.15, 0.2) is 0 Å². The van der Waals surface area contributed by atoms with Gasteiger partial charge < -0.3 is 10.0 Å². The number of benzene rings is 1. The van der Waals surface area contributed by atoms with Crippen molar-refractivity contribution in [2.75, 3.05) is 13.6 Å². The average molecular weight is 287 g/mol. The minimum atomic E-state index is -1.06. The van der Waals surface area contributed by atoms with E-state index >= 15 is 0 Å². The van der Waals surface area contributed by atoms with Gasteiger partial charge in [0, 0.05) is 25.7 Å². The molecule has 19 heavy (non-hydrogen) atoms. The molecule has 1 aromatic carbocycles. The highest BCUT2D eigenvalue weighted by Gasteiger charge is 2.23. The molecule has 1 rings (SSSR count). The van der Waals surface area contributed by atoms with Crippen molar-refractivity contribution >= 4 is 23.2 Å². The summed E-state index contributed by atoms with van der Waals surface area (Å²) in [5, 5.41) is 20.5. The van der Waals surface area contributed by atoms with Crippen molar-refractivity contribution in [3.63, 3.8) is 0 Å². The van der Waals surface area contributed by atoms with Crippen molar-refractivity contribution < 1.29 is 14.8 Å². The molecule has 0 heterocycles. The number of nitro benzene ring substituents is 1. The molecular formula is C12H15ClN2O4. The molecule has 0 bridgehead atoms. The fourth-order valence-electron chi connectivity index (χ4n) is 1.65. The molecule has 0 saturated carbocycles. The lowest BCUT2D eigenvalue weighted by atomic mass is 10.1. The number of carbonyl (C=O) groups excluding carboxylic acids is 1. The largest absolute Gasteiger partial charge is 0.389 e. The SMILES string of the molecule is CN(CC(C)(C)O)C(=O)c1cc([N+](=O)[O-])ccc1Cl. The molecule has 1 aromatic rings. The topological polar surface area (TPSA) is 83.7 Å². The van der Waals surface area contributed by atoms with E-state index in [2.05, 4.69) is 0 Å². The van der Waals surface area contributed by atoms with E-state index < -0.39 is 16.4 Å². The zero-order valence-electron chi connectivity index (χ0n) is 10.9. The molecule has 104 valence electrons. The average Bonchev–Trinajstić information content (AvgIpc) is 2.26. The normalized spacial score (nSPS) is 11.2. The Hall–Kier alpha value is -1.66. The van der Waals surface area contributed by atoms with Crippen LogP contribution in [0.1, 0.15) is 24.2 Å². The lowest BCUT2D eigenvalue weighted by Crippen LogP contribution is -2.39. The molecule has 0 atom stereocenters. The number of nitro groups is 1. The Balaban J connectivity index is 3.05. The van der Waals surface area contributed by atoms with E-state index in [1.165, 1.54) is 24.1 Å². The second-order valence-corrected chi connectivity index (χ2v) is 5.30. The molecule has 0 aromatic heterocycles. The van der Waals surface area contributed by atoms with E-state index in [4.69, 9.17) is 11.6 Å². The Morgan fingerprint density at radius 1 is 1.53 bits per heavy atom. The molecule has 0 fully saturated rings. The van der Waals surface area contributed by atoms with Crippen LogP contribution in [0, 0.1) is 10.1 Å². The summed E-state index contributed by atoms with van der Waals surface area (Å²) >= 11 is 5.88. The summed E-state index contributed by atoms with van der Waals surface area (Å²) in [7, 11) is 1.50. The second-order valence-electron chi connectivity index (χ2n) is 4.89. The lowest BCUT2D eigenvalue weighted by Gasteiger charge is -2.25. The Morgan fingerprint density at radius 2 is 2.11 bits per heavy atom. The molecular weight excluding hydrogens is 272 g/mol. The maximum Gasteiger partial charge on any atom is 0.270 e. The number of amides is 1. The van der Waals surface area contributed by atoms with Crippen molar-refractivity contribution in [2.45, 2.75) is 19.4 Å². The molecule has 0 spiro atoms. The third-order valence-corrected chi connectivity index (χ3v) is 2.69. The van der Waals surface area contributed by atoms with Gasteiger partial charge in [0.2, 0.25) is 0 Å². The predicted octanol–water partition coefficient (Wildman–Crippen LogP) is 2.09. The zero-order chi connectivity index (χ0) is 14.8. The number of hydrogen-bond donors (Lipinski definition) is 1. The summed E-state index contributed by atoms with van der Waals surface area (Å²) in [6.45, 7) is 3.21. The summed E-state index contributed by atoms with van der Waals surface area (Å²) in [6, 6.07) is 3.67. The van der Waals surface area contributed by atoms with Crippen LogP contribution < -0.4 is 0 Å². The quantitative estimate of drug-likeness (QED) is 0.678. The zero-order valence-corrected chi connectivity index (χ0v) is 11.6. The lowest BCUT2D eigenvalue weighted by molar-refractivity contribution is -0.384. The number of likely N-dealkylation sites (N-methyl/N-ethyl adjacent to an activating group) is 1. The first-order valence-electron chi connectivity index (χ1n) is 5.53. The number of carbonyl (C=O) groups is 1. The molecule has 7 heteroatoms. The van der Waals surface area contributed by atoms with E-state index in [0.717, 1.165) is 6.07 Å². The van der Waals surface area contributed by atoms with Gasteiger partial charge in [0.1, 0.15) is 0 Å². The van der Waals surface area contributed by atoms with Crippen LogP contribution >= 0.6 is 11.6 Å². The van der Waals surface area contributed by atoms with Gasteiger partial charge in [-0.25, -0.2) is 0 Å². The highest BCUT2D eigenvalue weighted by Crippen LogP contribution is 2.23. The predicted molar refractivity (Wildman–Crippen MR) is 71.4 cm³/mol. The first-order chi connectivity index (χ1) is 8.61. The molecule has 1 amide bonds. The summed E-state index contributed by atoms with van der Waals surface area (Å²) in [6.07, 6.45) is 0. The van der Waals surface area contributed by atoms with E-state index in [-0.39, 0.29) is 22.8 Å². The summed E-state index contributed by atoms with van der Waals surface area (Å²) in [5.41, 5.74) is -1.22. The number of rotatable bonds is 4. The van der Waals surface area contributed by atoms with Crippen LogP contribution in [-0.2, 0) is 0 Å². The molecule has 0 aliphatic heterocycles. The highest BCUT2D eigenvalue weighted by molar-refractivity contribution is 6.33. The molecule has 0 aliphatic carbocycles. The van der Waals surface area contributed by atoms with E-state index in [9.17, 15) is 20.0 Å². The number of halogens is 1. The van der Waals surface area contributed by atoms with Crippen LogP contribution in [0.25, 0.3) is 0 Å². The van der Waals surface area contributed by atoms with Crippen molar-refractivity contribution in [2.24, 2.45) is 0 Å². The number of hydrogen-bond acceptors (Lipinski definition) is 4. The van der Waals surface area contributed by atoms with Gasteiger partial charge in [-0.05, 0) is 19.9 Å². The van der Waals surface area contributed by atoms with Gasteiger partial charge >= 0.3 is 0 Å².